The zero-order valence-corrected chi connectivity index (χ0v) is 16.6. The zero-order chi connectivity index (χ0) is 20.2. The molecule has 0 radical (unpaired) electrons. The quantitative estimate of drug-likeness (QED) is 0.567. The maximum atomic E-state index is 11.2. The minimum absolute atomic E-state index is 0.0457. The third-order valence-corrected chi connectivity index (χ3v) is 6.27. The van der Waals surface area contributed by atoms with Crippen LogP contribution in [0, 0.1) is 11.8 Å². The van der Waals surface area contributed by atoms with Crippen molar-refractivity contribution in [1.29, 1.82) is 0 Å². The molecule has 1 aliphatic rings. The molecule has 0 bridgehead atoms. The normalized spacial score (nSPS) is 25.8. The lowest BCUT2D eigenvalue weighted by molar-refractivity contribution is -0.204. The van der Waals surface area contributed by atoms with Crippen LogP contribution in [0.4, 0.5) is 0 Å². The molecule has 0 heterocycles. The Balaban J connectivity index is 1.63. The van der Waals surface area contributed by atoms with Gasteiger partial charge in [-0.3, -0.25) is 0 Å². The second-order valence-electron chi connectivity index (χ2n) is 7.88. The van der Waals surface area contributed by atoms with E-state index in [-0.39, 0.29) is 36.4 Å². The second kappa shape index (κ2) is 8.91. The molecule has 3 aromatic rings. The van der Waals surface area contributed by atoms with Crippen molar-refractivity contribution in [2.24, 2.45) is 11.8 Å². The van der Waals surface area contributed by atoms with Crippen LogP contribution in [0.15, 0.2) is 91.0 Å². The van der Waals surface area contributed by atoms with E-state index in [0.29, 0.717) is 0 Å². The third kappa shape index (κ3) is 3.99. The number of aliphatic hydroxyl groups excluding tert-OH is 2. The van der Waals surface area contributed by atoms with Gasteiger partial charge in [0.15, 0.2) is 6.29 Å². The number of hydrogen-bond donors (Lipinski definition) is 2. The van der Waals surface area contributed by atoms with Gasteiger partial charge in [-0.2, -0.15) is 0 Å². The van der Waals surface area contributed by atoms with Crippen LogP contribution in [0.5, 0.6) is 0 Å². The Hall–Kier alpha value is -2.46. The topological polar surface area (TPSA) is 49.7 Å². The molecule has 1 fully saturated rings. The lowest BCUT2D eigenvalue weighted by Gasteiger charge is -2.54. The van der Waals surface area contributed by atoms with Gasteiger partial charge in [0.1, 0.15) is 0 Å². The monoisotopic (exact) mass is 388 g/mol. The highest BCUT2D eigenvalue weighted by Gasteiger charge is 2.54. The van der Waals surface area contributed by atoms with Gasteiger partial charge in [0.05, 0.1) is 6.10 Å². The van der Waals surface area contributed by atoms with Crippen LogP contribution in [0.25, 0.3) is 0 Å². The van der Waals surface area contributed by atoms with Crippen molar-refractivity contribution in [1.82, 2.24) is 0 Å². The average molecular weight is 389 g/mol. The van der Waals surface area contributed by atoms with Crippen LogP contribution in [0.1, 0.15) is 41.6 Å². The highest BCUT2D eigenvalue weighted by Crippen LogP contribution is 2.59. The molecule has 0 aliphatic heterocycles. The van der Waals surface area contributed by atoms with E-state index >= 15 is 0 Å². The molecule has 3 aromatic carbocycles. The number of benzene rings is 3. The molecule has 0 amide bonds. The van der Waals surface area contributed by atoms with Gasteiger partial charge in [0.2, 0.25) is 0 Å². The molecule has 150 valence electrons. The molecule has 0 spiro atoms. The second-order valence-corrected chi connectivity index (χ2v) is 7.88. The Morgan fingerprint density at radius 1 is 0.759 bits per heavy atom. The Bertz CT molecular complexity index is 834. The van der Waals surface area contributed by atoms with Crippen LogP contribution < -0.4 is 0 Å². The summed E-state index contributed by atoms with van der Waals surface area (Å²) in [5.41, 5.74) is 3.31. The van der Waals surface area contributed by atoms with Gasteiger partial charge in [-0.25, -0.2) is 0 Å². The highest BCUT2D eigenvalue weighted by atomic mass is 16.6. The van der Waals surface area contributed by atoms with E-state index in [4.69, 9.17) is 4.74 Å². The summed E-state index contributed by atoms with van der Waals surface area (Å²) in [5, 5.41) is 21.4. The molecule has 1 saturated carbocycles. The summed E-state index contributed by atoms with van der Waals surface area (Å²) >= 11 is 0. The van der Waals surface area contributed by atoms with Crippen molar-refractivity contribution in [3.8, 4) is 0 Å². The molecule has 0 aromatic heterocycles. The first-order valence-corrected chi connectivity index (χ1v) is 10.3. The standard InChI is InChI=1S/C26H28O3/c1-18(19-11-5-2-6-12-19)29-26(28)25-23(20-13-7-3-8-14-20)22(17-27)24(25)21-15-9-4-10-16-21/h2-16,18,22-28H,17H2,1H3/t18-,22?,23+,24+,25?,26?/m0/s1. The average Bonchev–Trinajstić information content (AvgIpc) is 2.75. The van der Waals surface area contributed by atoms with Crippen molar-refractivity contribution < 1.29 is 14.9 Å². The first-order chi connectivity index (χ1) is 14.2. The molecule has 2 N–H and O–H groups in total. The summed E-state index contributed by atoms with van der Waals surface area (Å²) in [4.78, 5) is 0. The van der Waals surface area contributed by atoms with E-state index in [1.807, 2.05) is 73.7 Å². The Labute approximate surface area is 172 Å². The van der Waals surface area contributed by atoms with E-state index in [0.717, 1.165) is 16.7 Å². The fourth-order valence-electron chi connectivity index (χ4n) is 4.85. The summed E-state index contributed by atoms with van der Waals surface area (Å²) in [6, 6.07) is 30.3. The van der Waals surface area contributed by atoms with Crippen molar-refractivity contribution in [2.45, 2.75) is 31.2 Å². The number of rotatable bonds is 7. The summed E-state index contributed by atoms with van der Waals surface area (Å²) in [5.74, 6) is 0.0203. The lowest BCUT2D eigenvalue weighted by Crippen LogP contribution is -2.51. The predicted octanol–water partition coefficient (Wildman–Crippen LogP) is 4.89. The smallest absolute Gasteiger partial charge is 0.159 e. The van der Waals surface area contributed by atoms with Crippen molar-refractivity contribution in [3.05, 3.63) is 108 Å². The van der Waals surface area contributed by atoms with Gasteiger partial charge in [-0.1, -0.05) is 91.0 Å². The van der Waals surface area contributed by atoms with Crippen LogP contribution in [0.3, 0.4) is 0 Å². The molecule has 4 rings (SSSR count). The van der Waals surface area contributed by atoms with Crippen LogP contribution in [-0.4, -0.2) is 23.1 Å². The van der Waals surface area contributed by atoms with Gasteiger partial charge in [-0.05, 0) is 41.4 Å². The van der Waals surface area contributed by atoms with Gasteiger partial charge >= 0.3 is 0 Å². The molecular weight excluding hydrogens is 360 g/mol. The van der Waals surface area contributed by atoms with Crippen molar-refractivity contribution in [2.75, 3.05) is 6.61 Å². The van der Waals surface area contributed by atoms with Gasteiger partial charge in [-0.15, -0.1) is 0 Å². The minimum atomic E-state index is -0.927. The SMILES string of the molecule is C[C@H](OC(O)C1[C@H](c2ccccc2)C(CO)[C@H]1c1ccccc1)c1ccccc1. The summed E-state index contributed by atoms with van der Waals surface area (Å²) in [6.07, 6.45) is -1.14. The molecule has 29 heavy (non-hydrogen) atoms. The minimum Gasteiger partial charge on any atom is -0.396 e. The fourth-order valence-corrected chi connectivity index (χ4v) is 4.85. The molecule has 3 heteroatoms. The maximum Gasteiger partial charge on any atom is 0.159 e. The first kappa shape index (κ1) is 19.8. The van der Waals surface area contributed by atoms with Crippen LogP contribution in [0.2, 0.25) is 0 Å². The fraction of sp³-hybridized carbons (Fsp3) is 0.308. The van der Waals surface area contributed by atoms with Crippen molar-refractivity contribution in [3.63, 3.8) is 0 Å². The maximum absolute atomic E-state index is 11.2. The zero-order valence-electron chi connectivity index (χ0n) is 16.6. The number of aliphatic hydroxyl groups is 2. The largest absolute Gasteiger partial charge is 0.396 e. The summed E-state index contributed by atoms with van der Waals surface area (Å²) in [7, 11) is 0. The summed E-state index contributed by atoms with van der Waals surface area (Å²) in [6.45, 7) is 2.05. The van der Waals surface area contributed by atoms with Crippen LogP contribution >= 0.6 is 0 Å². The van der Waals surface area contributed by atoms with E-state index in [1.165, 1.54) is 0 Å². The lowest BCUT2D eigenvalue weighted by atomic mass is 9.52. The Kier molecular flexibility index (Phi) is 6.10. The molecule has 4 atom stereocenters. The van der Waals surface area contributed by atoms with Gasteiger partial charge in [0, 0.05) is 12.5 Å². The summed E-state index contributed by atoms with van der Waals surface area (Å²) < 4.78 is 6.11. The van der Waals surface area contributed by atoms with E-state index < -0.39 is 6.29 Å². The van der Waals surface area contributed by atoms with Crippen molar-refractivity contribution >= 4 is 0 Å². The van der Waals surface area contributed by atoms with Gasteiger partial charge < -0.3 is 14.9 Å². The molecule has 1 unspecified atom stereocenters. The Morgan fingerprint density at radius 3 is 1.66 bits per heavy atom. The molecule has 0 saturated heterocycles. The molecule has 3 nitrogen and oxygen atoms in total. The van der Waals surface area contributed by atoms with E-state index in [9.17, 15) is 10.2 Å². The number of hydrogen-bond acceptors (Lipinski definition) is 3. The predicted molar refractivity (Wildman–Crippen MR) is 114 cm³/mol. The number of ether oxygens (including phenoxy) is 1. The first-order valence-electron chi connectivity index (χ1n) is 10.3. The molecule has 1 aliphatic carbocycles. The third-order valence-electron chi connectivity index (χ3n) is 6.27. The Morgan fingerprint density at radius 2 is 1.21 bits per heavy atom. The van der Waals surface area contributed by atoms with E-state index in [1.54, 1.807) is 0 Å². The van der Waals surface area contributed by atoms with E-state index in [2.05, 4.69) is 24.3 Å². The van der Waals surface area contributed by atoms with Crippen LogP contribution in [-0.2, 0) is 4.74 Å². The highest BCUT2D eigenvalue weighted by molar-refractivity contribution is 5.34. The molecular formula is C26H28O3. The van der Waals surface area contributed by atoms with Gasteiger partial charge in [0.25, 0.3) is 0 Å².